The van der Waals surface area contributed by atoms with Crippen molar-refractivity contribution in [2.75, 3.05) is 39.5 Å². The number of H-pyrrole nitrogens is 1. The molecule has 0 bridgehead atoms. The predicted octanol–water partition coefficient (Wildman–Crippen LogP) is 3.66. The second kappa shape index (κ2) is 13.1. The fraction of sp³-hybridized carbons (Fsp3) is 0.280. The zero-order valence-corrected chi connectivity index (χ0v) is 23.3. The van der Waals surface area contributed by atoms with Crippen LogP contribution in [0.2, 0.25) is 5.02 Å². The number of nitrogens with two attached hydrogens (primary N) is 1. The van der Waals surface area contributed by atoms with Gasteiger partial charge in [-0.1, -0.05) is 23.7 Å². The van der Waals surface area contributed by atoms with Gasteiger partial charge < -0.3 is 29.0 Å². The molecular weight excluding hydrogens is 565 g/mol. The molecule has 212 valence electrons. The molecular formula is C25H27ClN5O8P. The standard InChI is InChI=1S/C25H27ClN5O8P/c1-35-20-7-6-17(11-21(20)36-2)19(32)13-39-40(34,38-12-16-4-3-5-18(26)10-16)15-37-9-8-31-14-28-22-23(31)29-25(27)30-24(22)33/h3-7,10-11,14H,8-9,12-13,15H2,1-2H3,(H3,27,29,30,33). The van der Waals surface area contributed by atoms with E-state index >= 15 is 0 Å². The van der Waals surface area contributed by atoms with E-state index in [0.29, 0.717) is 22.1 Å². The maximum Gasteiger partial charge on any atom is 0.356 e. The molecule has 40 heavy (non-hydrogen) atoms. The van der Waals surface area contributed by atoms with Gasteiger partial charge in [-0.2, -0.15) is 4.98 Å². The highest BCUT2D eigenvalue weighted by Gasteiger charge is 2.27. The summed E-state index contributed by atoms with van der Waals surface area (Å²) in [6.45, 7) is -0.379. The lowest BCUT2D eigenvalue weighted by Crippen LogP contribution is -2.14. The molecule has 1 atom stereocenters. The van der Waals surface area contributed by atoms with Crippen LogP contribution in [-0.4, -0.2) is 59.1 Å². The number of nitrogens with one attached hydrogen (secondary N) is 1. The summed E-state index contributed by atoms with van der Waals surface area (Å²) in [4.78, 5) is 35.3. The smallest absolute Gasteiger partial charge is 0.356 e. The highest BCUT2D eigenvalue weighted by atomic mass is 35.5. The minimum absolute atomic E-state index is 0.0390. The lowest BCUT2D eigenvalue weighted by Gasteiger charge is -2.19. The molecule has 0 fully saturated rings. The molecule has 4 rings (SSSR count). The van der Waals surface area contributed by atoms with Gasteiger partial charge in [-0.25, -0.2) is 4.98 Å². The number of Topliss-reactive ketones (excluding diaryl/α,β-unsaturated/α-hetero) is 1. The summed E-state index contributed by atoms with van der Waals surface area (Å²) in [5, 5.41) is 0.484. The van der Waals surface area contributed by atoms with Crippen molar-refractivity contribution in [2.24, 2.45) is 0 Å². The highest BCUT2D eigenvalue weighted by Crippen LogP contribution is 2.49. The van der Waals surface area contributed by atoms with Crippen LogP contribution in [-0.2, 0) is 31.5 Å². The number of aromatic nitrogens is 4. The first-order valence-corrected chi connectivity index (χ1v) is 14.0. The van der Waals surface area contributed by atoms with Gasteiger partial charge in [0.2, 0.25) is 5.95 Å². The Morgan fingerprint density at radius 3 is 2.67 bits per heavy atom. The Morgan fingerprint density at radius 2 is 1.93 bits per heavy atom. The van der Waals surface area contributed by atoms with Gasteiger partial charge >= 0.3 is 7.60 Å². The third-order valence-corrected chi connectivity index (χ3v) is 7.41. The number of ketones is 1. The molecule has 0 saturated heterocycles. The van der Waals surface area contributed by atoms with E-state index in [9.17, 15) is 14.2 Å². The zero-order chi connectivity index (χ0) is 28.7. The summed E-state index contributed by atoms with van der Waals surface area (Å²) in [5.74, 6) is 0.317. The number of halogens is 1. The SMILES string of the molecule is COc1ccc(C(=O)COP(=O)(COCCn2cnc3c(=O)[nH]c(N)nc32)OCc2cccc(Cl)c2)cc1OC. The molecule has 0 spiro atoms. The van der Waals surface area contributed by atoms with Gasteiger partial charge in [-0.3, -0.25) is 23.7 Å². The molecule has 2 aromatic carbocycles. The van der Waals surface area contributed by atoms with Crippen molar-refractivity contribution in [2.45, 2.75) is 13.2 Å². The van der Waals surface area contributed by atoms with Gasteiger partial charge in [0.15, 0.2) is 28.4 Å². The summed E-state index contributed by atoms with van der Waals surface area (Å²) in [6, 6.07) is 11.5. The molecule has 2 heterocycles. The molecule has 0 saturated carbocycles. The molecule has 2 aromatic heterocycles. The molecule has 4 aromatic rings. The van der Waals surface area contributed by atoms with E-state index in [1.165, 1.54) is 26.6 Å². The van der Waals surface area contributed by atoms with Crippen molar-refractivity contribution in [1.29, 1.82) is 0 Å². The number of methoxy groups -OCH3 is 2. The number of rotatable bonds is 14. The number of benzene rings is 2. The summed E-state index contributed by atoms with van der Waals surface area (Å²) < 4.78 is 42.4. The Balaban J connectivity index is 1.42. The van der Waals surface area contributed by atoms with Crippen LogP contribution in [0.1, 0.15) is 15.9 Å². The van der Waals surface area contributed by atoms with E-state index in [-0.39, 0.29) is 42.4 Å². The first-order valence-electron chi connectivity index (χ1n) is 11.9. The van der Waals surface area contributed by atoms with Crippen molar-refractivity contribution >= 4 is 42.1 Å². The number of carbonyl (C=O) groups is 1. The number of imidazole rings is 1. The van der Waals surface area contributed by atoms with E-state index in [1.807, 2.05) is 0 Å². The lowest BCUT2D eigenvalue weighted by molar-refractivity contribution is 0.0855. The minimum atomic E-state index is -3.94. The Bertz CT molecular complexity index is 1610. The second-order valence-electron chi connectivity index (χ2n) is 8.38. The number of hydrogen-bond acceptors (Lipinski definition) is 11. The van der Waals surface area contributed by atoms with Crippen molar-refractivity contribution in [3.63, 3.8) is 0 Å². The number of anilines is 1. The third kappa shape index (κ3) is 7.26. The van der Waals surface area contributed by atoms with Crippen LogP contribution >= 0.6 is 19.2 Å². The van der Waals surface area contributed by atoms with Gasteiger partial charge in [-0.05, 0) is 35.9 Å². The number of ether oxygens (including phenoxy) is 3. The number of nitrogen functional groups attached to an aromatic ring is 1. The Hall–Kier alpha value is -3.74. The number of carbonyl (C=O) groups excluding carboxylic acids is 1. The van der Waals surface area contributed by atoms with E-state index < -0.39 is 31.9 Å². The number of aromatic amines is 1. The van der Waals surface area contributed by atoms with Crippen LogP contribution < -0.4 is 20.8 Å². The van der Waals surface area contributed by atoms with Gasteiger partial charge in [0.1, 0.15) is 13.0 Å². The van der Waals surface area contributed by atoms with E-state index in [1.54, 1.807) is 41.0 Å². The molecule has 13 nitrogen and oxygen atoms in total. The van der Waals surface area contributed by atoms with Crippen molar-refractivity contribution in [1.82, 2.24) is 19.5 Å². The van der Waals surface area contributed by atoms with Crippen molar-refractivity contribution < 1.29 is 32.6 Å². The van der Waals surface area contributed by atoms with Crippen LogP contribution in [0.5, 0.6) is 11.5 Å². The molecule has 1 unspecified atom stereocenters. The quantitative estimate of drug-likeness (QED) is 0.125. The second-order valence-corrected chi connectivity index (χ2v) is 10.8. The van der Waals surface area contributed by atoms with Crippen LogP contribution in [0.4, 0.5) is 5.95 Å². The Morgan fingerprint density at radius 1 is 1.12 bits per heavy atom. The number of fused-ring (bicyclic) bond motifs is 1. The minimum Gasteiger partial charge on any atom is -0.493 e. The molecule has 3 N–H and O–H groups in total. The van der Waals surface area contributed by atoms with Gasteiger partial charge in [0.05, 0.1) is 33.8 Å². The number of hydrogen-bond donors (Lipinski definition) is 2. The monoisotopic (exact) mass is 591 g/mol. The largest absolute Gasteiger partial charge is 0.493 e. The molecule has 0 aliphatic rings. The van der Waals surface area contributed by atoms with Crippen LogP contribution in [0.15, 0.2) is 53.6 Å². The lowest BCUT2D eigenvalue weighted by atomic mass is 10.1. The number of nitrogens with zero attached hydrogens (tertiary/aromatic N) is 3. The maximum atomic E-state index is 13.6. The Labute approximate surface area is 233 Å². The summed E-state index contributed by atoms with van der Waals surface area (Å²) in [6.07, 6.45) is 0.971. The molecule has 0 aliphatic heterocycles. The van der Waals surface area contributed by atoms with Gasteiger partial charge in [-0.15, -0.1) is 0 Å². The maximum absolute atomic E-state index is 13.6. The normalized spacial score (nSPS) is 12.8. The summed E-state index contributed by atoms with van der Waals surface area (Å²) in [7, 11) is -1.00. The van der Waals surface area contributed by atoms with Gasteiger partial charge in [0.25, 0.3) is 5.56 Å². The average molecular weight is 592 g/mol. The van der Waals surface area contributed by atoms with Crippen LogP contribution in [0.3, 0.4) is 0 Å². The fourth-order valence-corrected chi connectivity index (χ4v) is 5.08. The summed E-state index contributed by atoms with van der Waals surface area (Å²) >= 11 is 6.04. The topological polar surface area (TPSA) is 170 Å². The fourth-order valence-electron chi connectivity index (χ4n) is 3.64. The van der Waals surface area contributed by atoms with E-state index in [2.05, 4.69) is 15.0 Å². The highest BCUT2D eigenvalue weighted by molar-refractivity contribution is 7.53. The predicted molar refractivity (Wildman–Crippen MR) is 147 cm³/mol. The van der Waals surface area contributed by atoms with Crippen molar-refractivity contribution in [3.05, 3.63) is 75.3 Å². The molecule has 0 aliphatic carbocycles. The van der Waals surface area contributed by atoms with E-state index in [0.717, 1.165) is 0 Å². The first-order chi connectivity index (χ1) is 19.2. The third-order valence-electron chi connectivity index (χ3n) is 5.63. The van der Waals surface area contributed by atoms with E-state index in [4.69, 9.17) is 40.6 Å². The van der Waals surface area contributed by atoms with Crippen LogP contribution in [0, 0.1) is 0 Å². The summed E-state index contributed by atoms with van der Waals surface area (Å²) in [5.41, 5.74) is 6.50. The average Bonchev–Trinajstić information content (AvgIpc) is 3.35. The first kappa shape index (κ1) is 29.2. The molecule has 0 amide bonds. The Kier molecular flexibility index (Phi) is 9.56. The van der Waals surface area contributed by atoms with Crippen molar-refractivity contribution in [3.8, 4) is 11.5 Å². The molecule has 0 radical (unpaired) electrons. The van der Waals surface area contributed by atoms with Crippen LogP contribution in [0.25, 0.3) is 11.2 Å². The molecule has 15 heteroatoms. The van der Waals surface area contributed by atoms with Gasteiger partial charge in [0, 0.05) is 17.1 Å². The zero-order valence-electron chi connectivity index (χ0n) is 21.7.